The Morgan fingerprint density at radius 3 is 2.44 bits per heavy atom. The Kier molecular flexibility index (Phi) is 4.79. The topological polar surface area (TPSA) is 29.3 Å². The number of likely N-dealkylation sites (tertiary alicyclic amines) is 1. The molecule has 18 heavy (non-hydrogen) atoms. The van der Waals surface area contributed by atoms with E-state index in [1.807, 2.05) is 6.07 Å². The number of nitrogens with two attached hydrogens (primary N) is 1. The Labute approximate surface area is 111 Å². The summed E-state index contributed by atoms with van der Waals surface area (Å²) in [5.41, 5.74) is 7.62. The maximum absolute atomic E-state index is 6.36. The van der Waals surface area contributed by atoms with E-state index in [1.54, 1.807) is 0 Å². The third kappa shape index (κ3) is 3.56. The number of benzene rings is 1. The molecule has 100 valence electrons. The van der Waals surface area contributed by atoms with Gasteiger partial charge in [-0.15, -0.1) is 0 Å². The van der Waals surface area contributed by atoms with Crippen LogP contribution in [0.25, 0.3) is 0 Å². The van der Waals surface area contributed by atoms with Crippen LogP contribution < -0.4 is 5.73 Å². The molecule has 1 saturated heterocycles. The predicted octanol–water partition coefficient (Wildman–Crippen LogP) is 3.05. The monoisotopic (exact) mass is 246 g/mol. The van der Waals surface area contributed by atoms with Gasteiger partial charge in [-0.2, -0.15) is 0 Å². The molecule has 1 aromatic rings. The zero-order valence-corrected chi connectivity index (χ0v) is 11.7. The highest BCUT2D eigenvalue weighted by Gasteiger charge is 2.21. The van der Waals surface area contributed by atoms with E-state index in [0.29, 0.717) is 5.92 Å². The molecule has 1 aliphatic heterocycles. The predicted molar refractivity (Wildman–Crippen MR) is 77.4 cm³/mol. The van der Waals surface area contributed by atoms with Crippen LogP contribution >= 0.6 is 0 Å². The molecule has 0 amide bonds. The lowest BCUT2D eigenvalue weighted by Gasteiger charge is -2.33. The first-order valence-electron chi connectivity index (χ1n) is 7.19. The number of hydrogen-bond donors (Lipinski definition) is 1. The second-order valence-corrected chi connectivity index (χ2v) is 5.90. The molecule has 2 unspecified atom stereocenters. The molecular formula is C16H26N2. The second-order valence-electron chi connectivity index (χ2n) is 5.90. The molecule has 2 heteroatoms. The lowest BCUT2D eigenvalue weighted by atomic mass is 9.93. The van der Waals surface area contributed by atoms with Gasteiger partial charge in [-0.3, -0.25) is 0 Å². The van der Waals surface area contributed by atoms with Crippen molar-refractivity contribution in [3.63, 3.8) is 0 Å². The molecule has 2 nitrogen and oxygen atoms in total. The van der Waals surface area contributed by atoms with Gasteiger partial charge in [-0.05, 0) is 43.3 Å². The van der Waals surface area contributed by atoms with Crippen molar-refractivity contribution in [3.05, 3.63) is 35.9 Å². The van der Waals surface area contributed by atoms with Crippen LogP contribution in [-0.4, -0.2) is 24.5 Å². The summed E-state index contributed by atoms with van der Waals surface area (Å²) >= 11 is 0. The summed E-state index contributed by atoms with van der Waals surface area (Å²) in [6, 6.07) is 10.6. The normalized spacial score (nSPS) is 21.7. The molecule has 1 aromatic carbocycles. The van der Waals surface area contributed by atoms with Crippen molar-refractivity contribution in [1.82, 2.24) is 4.90 Å². The van der Waals surface area contributed by atoms with E-state index in [0.717, 1.165) is 12.5 Å². The molecule has 1 heterocycles. The van der Waals surface area contributed by atoms with E-state index in [9.17, 15) is 0 Å². The first-order valence-corrected chi connectivity index (χ1v) is 7.19. The summed E-state index contributed by atoms with van der Waals surface area (Å²) in [6.45, 7) is 8.25. The van der Waals surface area contributed by atoms with E-state index in [1.165, 1.54) is 31.5 Å². The smallest absolute Gasteiger partial charge is 0.0333 e. The van der Waals surface area contributed by atoms with Gasteiger partial charge in [0.05, 0.1) is 0 Å². The zero-order chi connectivity index (χ0) is 13.0. The largest absolute Gasteiger partial charge is 0.324 e. The summed E-state index contributed by atoms with van der Waals surface area (Å²) in [6.07, 6.45) is 2.68. The summed E-state index contributed by atoms with van der Waals surface area (Å²) in [4.78, 5) is 2.58. The van der Waals surface area contributed by atoms with Gasteiger partial charge in [0.15, 0.2) is 0 Å². The molecule has 2 N–H and O–H groups in total. The molecule has 0 saturated carbocycles. The lowest BCUT2D eigenvalue weighted by Crippen LogP contribution is -2.38. The fraction of sp³-hybridized carbons (Fsp3) is 0.625. The number of piperidine rings is 1. The van der Waals surface area contributed by atoms with E-state index >= 15 is 0 Å². The highest BCUT2D eigenvalue weighted by Crippen LogP contribution is 2.22. The van der Waals surface area contributed by atoms with Crippen LogP contribution in [-0.2, 0) is 0 Å². The van der Waals surface area contributed by atoms with Crippen LogP contribution in [0, 0.1) is 11.8 Å². The van der Waals surface area contributed by atoms with Crippen LogP contribution in [0.3, 0.4) is 0 Å². The van der Waals surface area contributed by atoms with Gasteiger partial charge in [-0.1, -0.05) is 44.2 Å². The van der Waals surface area contributed by atoms with E-state index in [-0.39, 0.29) is 6.04 Å². The standard InChI is InChI=1S/C16H26N2/c1-13-8-10-18(11-9-13)12-14(2)16(17)15-6-4-3-5-7-15/h3-7,13-14,16H,8-12,17H2,1-2H3. The Morgan fingerprint density at radius 2 is 1.83 bits per heavy atom. The Hall–Kier alpha value is -0.860. The summed E-state index contributed by atoms with van der Waals surface area (Å²) in [5, 5.41) is 0. The Balaban J connectivity index is 1.86. The molecule has 2 atom stereocenters. The minimum Gasteiger partial charge on any atom is -0.324 e. The van der Waals surface area contributed by atoms with Gasteiger partial charge in [0, 0.05) is 12.6 Å². The summed E-state index contributed by atoms with van der Waals surface area (Å²) in [5.74, 6) is 1.42. The van der Waals surface area contributed by atoms with Gasteiger partial charge in [-0.25, -0.2) is 0 Å². The van der Waals surface area contributed by atoms with Crippen LogP contribution in [0.1, 0.15) is 38.3 Å². The highest BCUT2D eigenvalue weighted by molar-refractivity contribution is 5.19. The minimum atomic E-state index is 0.158. The van der Waals surface area contributed by atoms with Crippen molar-refractivity contribution in [2.24, 2.45) is 17.6 Å². The number of hydrogen-bond acceptors (Lipinski definition) is 2. The minimum absolute atomic E-state index is 0.158. The lowest BCUT2D eigenvalue weighted by molar-refractivity contribution is 0.162. The van der Waals surface area contributed by atoms with Crippen molar-refractivity contribution in [1.29, 1.82) is 0 Å². The Morgan fingerprint density at radius 1 is 1.22 bits per heavy atom. The van der Waals surface area contributed by atoms with Gasteiger partial charge in [0.1, 0.15) is 0 Å². The quantitative estimate of drug-likeness (QED) is 0.884. The molecular weight excluding hydrogens is 220 g/mol. The van der Waals surface area contributed by atoms with E-state index in [2.05, 4.69) is 43.0 Å². The van der Waals surface area contributed by atoms with Gasteiger partial charge in [0.2, 0.25) is 0 Å². The molecule has 0 aliphatic carbocycles. The first kappa shape index (κ1) is 13.6. The van der Waals surface area contributed by atoms with Crippen molar-refractivity contribution < 1.29 is 0 Å². The summed E-state index contributed by atoms with van der Waals surface area (Å²) in [7, 11) is 0. The van der Waals surface area contributed by atoms with Crippen molar-refractivity contribution in [2.75, 3.05) is 19.6 Å². The molecule has 1 aliphatic rings. The van der Waals surface area contributed by atoms with Crippen molar-refractivity contribution in [3.8, 4) is 0 Å². The van der Waals surface area contributed by atoms with Crippen LogP contribution in [0.5, 0.6) is 0 Å². The third-order valence-electron chi connectivity index (χ3n) is 4.22. The van der Waals surface area contributed by atoms with Crippen molar-refractivity contribution >= 4 is 0 Å². The SMILES string of the molecule is CC1CCN(CC(C)C(N)c2ccccc2)CC1. The van der Waals surface area contributed by atoms with E-state index < -0.39 is 0 Å². The van der Waals surface area contributed by atoms with Gasteiger partial charge < -0.3 is 10.6 Å². The van der Waals surface area contributed by atoms with Crippen molar-refractivity contribution in [2.45, 2.75) is 32.7 Å². The summed E-state index contributed by atoms with van der Waals surface area (Å²) < 4.78 is 0. The number of rotatable bonds is 4. The second kappa shape index (κ2) is 6.35. The molecule has 1 fully saturated rings. The first-order chi connectivity index (χ1) is 8.66. The fourth-order valence-electron chi connectivity index (χ4n) is 2.77. The fourth-order valence-corrected chi connectivity index (χ4v) is 2.77. The molecule has 0 bridgehead atoms. The zero-order valence-electron chi connectivity index (χ0n) is 11.7. The van der Waals surface area contributed by atoms with Crippen LogP contribution in [0.4, 0.5) is 0 Å². The number of nitrogens with zero attached hydrogens (tertiary/aromatic N) is 1. The van der Waals surface area contributed by atoms with Gasteiger partial charge in [0.25, 0.3) is 0 Å². The Bertz CT molecular complexity index is 341. The maximum atomic E-state index is 6.36. The average Bonchev–Trinajstić information content (AvgIpc) is 2.41. The average molecular weight is 246 g/mol. The molecule has 0 spiro atoms. The van der Waals surface area contributed by atoms with Crippen LogP contribution in [0.2, 0.25) is 0 Å². The maximum Gasteiger partial charge on any atom is 0.0333 e. The molecule has 2 rings (SSSR count). The van der Waals surface area contributed by atoms with Gasteiger partial charge >= 0.3 is 0 Å². The van der Waals surface area contributed by atoms with E-state index in [4.69, 9.17) is 5.73 Å². The highest BCUT2D eigenvalue weighted by atomic mass is 15.1. The third-order valence-corrected chi connectivity index (χ3v) is 4.22. The molecule has 0 radical (unpaired) electrons. The van der Waals surface area contributed by atoms with Crippen LogP contribution in [0.15, 0.2) is 30.3 Å². The molecule has 0 aromatic heterocycles.